The number of carbonyl (C=O) groups excluding carboxylic acids is 3. The highest BCUT2D eigenvalue weighted by atomic mass is 16.2. The highest BCUT2D eigenvalue weighted by Crippen LogP contribution is 2.44. The molecule has 5 rings (SSSR count). The molecule has 0 unspecified atom stereocenters. The molecule has 0 bridgehead atoms. The highest BCUT2D eigenvalue weighted by Gasteiger charge is 2.60. The lowest BCUT2D eigenvalue weighted by Gasteiger charge is -2.36. The third-order valence-electron chi connectivity index (χ3n) is 6.97. The van der Waals surface area contributed by atoms with Gasteiger partial charge in [-0.2, -0.15) is 0 Å². The van der Waals surface area contributed by atoms with Crippen molar-refractivity contribution in [1.82, 2.24) is 20.1 Å². The molecule has 1 aromatic carbocycles. The minimum absolute atomic E-state index is 0.149. The van der Waals surface area contributed by atoms with Crippen LogP contribution in [0.4, 0.5) is 4.79 Å². The van der Waals surface area contributed by atoms with E-state index in [-0.39, 0.29) is 23.9 Å². The summed E-state index contributed by atoms with van der Waals surface area (Å²) in [6.07, 6.45) is 4.82. The summed E-state index contributed by atoms with van der Waals surface area (Å²) in [6, 6.07) is 6.90. The molecule has 1 saturated heterocycles. The number of imide groups is 1. The first-order valence-corrected chi connectivity index (χ1v) is 10.5. The van der Waals surface area contributed by atoms with Crippen molar-refractivity contribution in [3.63, 3.8) is 0 Å². The van der Waals surface area contributed by atoms with E-state index in [1.54, 1.807) is 18.7 Å². The van der Waals surface area contributed by atoms with Gasteiger partial charge in [0.25, 0.3) is 5.91 Å². The average Bonchev–Trinajstić information content (AvgIpc) is 3.39. The number of aromatic nitrogens is 1. The molecule has 0 spiro atoms. The normalized spacial score (nSPS) is 25.4. The molecule has 2 N–H and O–H groups in total. The summed E-state index contributed by atoms with van der Waals surface area (Å²) in [7, 11) is 0. The van der Waals surface area contributed by atoms with Crippen molar-refractivity contribution in [3.05, 3.63) is 35.5 Å². The van der Waals surface area contributed by atoms with Crippen LogP contribution in [-0.4, -0.2) is 51.3 Å². The number of urea groups is 1. The fourth-order valence-electron chi connectivity index (χ4n) is 5.27. The Bertz CT molecular complexity index is 1020. The van der Waals surface area contributed by atoms with Gasteiger partial charge < -0.3 is 15.2 Å². The zero-order valence-corrected chi connectivity index (χ0v) is 16.8. The zero-order chi connectivity index (χ0) is 20.3. The topological polar surface area (TPSA) is 85.5 Å². The van der Waals surface area contributed by atoms with Crippen molar-refractivity contribution in [3.8, 4) is 0 Å². The second-order valence-electron chi connectivity index (χ2n) is 8.62. The number of aromatic amines is 1. The SMILES string of the molecule is C[C@@H](C(=O)NC1CCCC1)N1C(=O)N2CCc3c([nH]c4ccccc34)[C@@]2(C)C1=O. The standard InChI is InChI=1S/C22H26N4O3/c1-13(19(27)23-14-7-3-4-8-14)26-20(28)22(2)18-16(11-12-25(22)21(26)29)15-9-5-6-10-17(15)24-18/h5-6,9-10,13-14,24H,3-4,7-8,11-12H2,1-2H3,(H,23,27)/t13-,22-/m0/s1. The second-order valence-corrected chi connectivity index (χ2v) is 8.62. The Balaban J connectivity index is 1.49. The van der Waals surface area contributed by atoms with Crippen LogP contribution in [0.5, 0.6) is 0 Å². The van der Waals surface area contributed by atoms with Gasteiger partial charge in [0.05, 0.1) is 5.69 Å². The molecule has 3 aliphatic rings. The van der Waals surface area contributed by atoms with Gasteiger partial charge in [-0.3, -0.25) is 9.59 Å². The number of amides is 4. The molecule has 1 aromatic heterocycles. The number of nitrogens with zero attached hydrogens (tertiary/aromatic N) is 2. The zero-order valence-electron chi connectivity index (χ0n) is 16.8. The number of para-hydroxylation sites is 1. The molecule has 152 valence electrons. The van der Waals surface area contributed by atoms with E-state index >= 15 is 0 Å². The maximum absolute atomic E-state index is 13.6. The minimum atomic E-state index is -1.11. The Hall–Kier alpha value is -2.83. The first-order chi connectivity index (χ1) is 13.9. The summed E-state index contributed by atoms with van der Waals surface area (Å²) in [5, 5.41) is 4.11. The molecule has 2 fully saturated rings. The lowest BCUT2D eigenvalue weighted by Crippen LogP contribution is -2.51. The first-order valence-electron chi connectivity index (χ1n) is 10.5. The van der Waals surface area contributed by atoms with Crippen molar-refractivity contribution in [2.75, 3.05) is 6.54 Å². The average molecular weight is 394 g/mol. The van der Waals surface area contributed by atoms with Gasteiger partial charge in [-0.25, -0.2) is 9.69 Å². The molecular weight excluding hydrogens is 368 g/mol. The molecule has 2 aromatic rings. The van der Waals surface area contributed by atoms with Crippen molar-refractivity contribution in [2.24, 2.45) is 0 Å². The molecule has 7 nitrogen and oxygen atoms in total. The summed E-state index contributed by atoms with van der Waals surface area (Å²) in [4.78, 5) is 45.7. The van der Waals surface area contributed by atoms with Gasteiger partial charge in [0.1, 0.15) is 6.04 Å². The van der Waals surface area contributed by atoms with E-state index in [1.807, 2.05) is 24.3 Å². The number of rotatable bonds is 3. The molecule has 3 heterocycles. The quantitative estimate of drug-likeness (QED) is 0.785. The summed E-state index contributed by atoms with van der Waals surface area (Å²) < 4.78 is 0. The Labute approximate surface area is 169 Å². The van der Waals surface area contributed by atoms with E-state index in [1.165, 1.54) is 0 Å². The van der Waals surface area contributed by atoms with Gasteiger partial charge in [-0.05, 0) is 44.7 Å². The molecule has 2 atom stereocenters. The van der Waals surface area contributed by atoms with Crippen molar-refractivity contribution >= 4 is 28.7 Å². The summed E-state index contributed by atoms with van der Waals surface area (Å²) >= 11 is 0. The van der Waals surface area contributed by atoms with Crippen LogP contribution < -0.4 is 5.32 Å². The Kier molecular flexibility index (Phi) is 3.98. The largest absolute Gasteiger partial charge is 0.356 e. The van der Waals surface area contributed by atoms with Crippen LogP contribution >= 0.6 is 0 Å². The van der Waals surface area contributed by atoms with Crippen molar-refractivity contribution in [2.45, 2.75) is 63.6 Å². The highest BCUT2D eigenvalue weighted by molar-refractivity contribution is 6.10. The van der Waals surface area contributed by atoms with Crippen LogP contribution in [0, 0.1) is 0 Å². The summed E-state index contributed by atoms with van der Waals surface area (Å²) in [6.45, 7) is 3.90. The fraction of sp³-hybridized carbons (Fsp3) is 0.500. The molecular formula is C22H26N4O3. The minimum Gasteiger partial charge on any atom is -0.356 e. The van der Waals surface area contributed by atoms with E-state index in [0.717, 1.165) is 52.7 Å². The van der Waals surface area contributed by atoms with Gasteiger partial charge in [0.2, 0.25) is 5.91 Å². The summed E-state index contributed by atoms with van der Waals surface area (Å²) in [5.41, 5.74) is 1.72. The molecule has 2 aliphatic heterocycles. The molecule has 29 heavy (non-hydrogen) atoms. The van der Waals surface area contributed by atoms with Gasteiger partial charge >= 0.3 is 6.03 Å². The van der Waals surface area contributed by atoms with Crippen LogP contribution in [0.3, 0.4) is 0 Å². The predicted molar refractivity (Wildman–Crippen MR) is 108 cm³/mol. The molecule has 7 heteroatoms. The van der Waals surface area contributed by atoms with Gasteiger partial charge in [0, 0.05) is 23.5 Å². The number of benzene rings is 1. The van der Waals surface area contributed by atoms with Gasteiger partial charge in [0.15, 0.2) is 5.54 Å². The molecule has 0 radical (unpaired) electrons. The van der Waals surface area contributed by atoms with Crippen LogP contribution in [0.15, 0.2) is 24.3 Å². The van der Waals surface area contributed by atoms with Crippen LogP contribution in [-0.2, 0) is 21.5 Å². The van der Waals surface area contributed by atoms with Crippen molar-refractivity contribution in [1.29, 1.82) is 0 Å². The van der Waals surface area contributed by atoms with Crippen molar-refractivity contribution < 1.29 is 14.4 Å². The molecule has 4 amide bonds. The molecule has 1 saturated carbocycles. The first kappa shape index (κ1) is 18.2. The predicted octanol–water partition coefficient (Wildman–Crippen LogP) is 2.65. The van der Waals surface area contributed by atoms with Crippen LogP contribution in [0.25, 0.3) is 10.9 Å². The number of fused-ring (bicyclic) bond motifs is 5. The van der Waals surface area contributed by atoms with Gasteiger partial charge in [-0.1, -0.05) is 31.0 Å². The number of nitrogens with one attached hydrogen (secondary N) is 2. The van der Waals surface area contributed by atoms with Crippen LogP contribution in [0.1, 0.15) is 50.8 Å². The summed E-state index contributed by atoms with van der Waals surface area (Å²) in [5.74, 6) is -0.581. The maximum Gasteiger partial charge on any atom is 0.328 e. The third kappa shape index (κ3) is 2.46. The lowest BCUT2D eigenvalue weighted by atomic mass is 9.87. The lowest BCUT2D eigenvalue weighted by molar-refractivity contribution is -0.139. The maximum atomic E-state index is 13.6. The Morgan fingerprint density at radius 3 is 2.72 bits per heavy atom. The number of carbonyl (C=O) groups is 3. The Morgan fingerprint density at radius 2 is 1.97 bits per heavy atom. The molecule has 1 aliphatic carbocycles. The van der Waals surface area contributed by atoms with E-state index in [2.05, 4.69) is 10.3 Å². The smallest absolute Gasteiger partial charge is 0.328 e. The Morgan fingerprint density at radius 1 is 1.24 bits per heavy atom. The second kappa shape index (κ2) is 6.34. The number of hydrogen-bond acceptors (Lipinski definition) is 3. The van der Waals surface area contributed by atoms with Crippen LogP contribution in [0.2, 0.25) is 0 Å². The van der Waals surface area contributed by atoms with E-state index in [0.29, 0.717) is 13.0 Å². The van der Waals surface area contributed by atoms with E-state index in [9.17, 15) is 14.4 Å². The third-order valence-corrected chi connectivity index (χ3v) is 6.97. The monoisotopic (exact) mass is 394 g/mol. The number of hydrogen-bond donors (Lipinski definition) is 2. The fourth-order valence-corrected chi connectivity index (χ4v) is 5.27. The van der Waals surface area contributed by atoms with Gasteiger partial charge in [-0.15, -0.1) is 0 Å². The van der Waals surface area contributed by atoms with E-state index < -0.39 is 11.6 Å². The number of H-pyrrole nitrogens is 1. The van der Waals surface area contributed by atoms with E-state index in [4.69, 9.17) is 0 Å².